The number of unbranched alkanes of at least 4 members (excludes halogenated alkanes) is 22. The Balaban J connectivity index is 1.55. The molecule has 1 heterocycles. The molecule has 0 radical (unpaired) electrons. The van der Waals surface area contributed by atoms with Gasteiger partial charge in [-0.3, -0.25) is 19.5 Å². The van der Waals surface area contributed by atoms with Crippen LogP contribution in [0.4, 0.5) is 11.4 Å². The number of nitrogens with one attached hydrogen (secondary N) is 2. The van der Waals surface area contributed by atoms with E-state index >= 15 is 0 Å². The molecular weight excluding hydrogens is 681 g/mol. The molecule has 0 aliphatic carbocycles. The van der Waals surface area contributed by atoms with Crippen LogP contribution in [0.2, 0.25) is 0 Å². The molecule has 0 saturated carbocycles. The molecule has 7 nitrogen and oxygen atoms in total. The van der Waals surface area contributed by atoms with Gasteiger partial charge in [0.05, 0.1) is 43.2 Å². The maximum absolute atomic E-state index is 13.3. The van der Waals surface area contributed by atoms with Crippen LogP contribution in [0.15, 0.2) is 60.7 Å². The van der Waals surface area contributed by atoms with Crippen molar-refractivity contribution in [2.75, 3.05) is 43.0 Å². The fourth-order valence-electron chi connectivity index (χ4n) is 7.68. The Morgan fingerprint density at radius 3 is 1.51 bits per heavy atom. The summed E-state index contributed by atoms with van der Waals surface area (Å²) in [7, 11) is 0. The summed E-state index contributed by atoms with van der Waals surface area (Å²) in [6, 6.07) is 20.5. The third-order valence-corrected chi connectivity index (χ3v) is 11.1. The molecule has 2 atom stereocenters. The normalized spacial score (nSPS) is 14.6. The monoisotopic (exact) mass is 763 g/mol. The van der Waals surface area contributed by atoms with E-state index in [9.17, 15) is 4.79 Å². The molecule has 1 aliphatic rings. The zero-order chi connectivity index (χ0) is 38.9. The Morgan fingerprint density at radius 2 is 1.05 bits per heavy atom. The van der Waals surface area contributed by atoms with Crippen LogP contribution >= 0.6 is 0 Å². The third kappa shape index (κ3) is 22.1. The van der Waals surface area contributed by atoms with Crippen molar-refractivity contribution in [1.29, 1.82) is 0 Å². The highest BCUT2D eigenvalue weighted by molar-refractivity contribution is 5.82. The minimum atomic E-state index is -0.174. The number of hydroxylamine groups is 2. The summed E-state index contributed by atoms with van der Waals surface area (Å²) in [4.78, 5) is 26.6. The largest absolute Gasteiger partial charge is 0.353 e. The highest BCUT2D eigenvalue weighted by atomic mass is 16.7. The molecule has 0 spiro atoms. The topological polar surface area (TPSA) is 66.1 Å². The Hall–Kier alpha value is -2.61. The summed E-state index contributed by atoms with van der Waals surface area (Å²) in [5, 5.41) is 10.7. The van der Waals surface area contributed by atoms with E-state index in [-0.39, 0.29) is 18.0 Å². The van der Waals surface area contributed by atoms with Gasteiger partial charge in [0.1, 0.15) is 0 Å². The van der Waals surface area contributed by atoms with Crippen LogP contribution in [0.3, 0.4) is 0 Å². The predicted molar refractivity (Wildman–Crippen MR) is 235 cm³/mol. The Labute approximate surface area is 338 Å². The van der Waals surface area contributed by atoms with Gasteiger partial charge in [-0.2, -0.15) is 0 Å². The van der Waals surface area contributed by atoms with Crippen molar-refractivity contribution < 1.29 is 14.5 Å². The van der Waals surface area contributed by atoms with Gasteiger partial charge in [-0.25, -0.2) is 5.06 Å². The number of benzene rings is 2. The summed E-state index contributed by atoms with van der Waals surface area (Å²) >= 11 is 0. The Bertz CT molecular complexity index is 1150. The fraction of sp³-hybridized carbons (Fsp3) is 0.729. The van der Waals surface area contributed by atoms with Crippen molar-refractivity contribution in [2.45, 2.75) is 193 Å². The van der Waals surface area contributed by atoms with Gasteiger partial charge in [0.25, 0.3) is 0 Å². The average Bonchev–Trinajstić information content (AvgIpc) is 3.77. The van der Waals surface area contributed by atoms with Crippen molar-refractivity contribution in [3.05, 3.63) is 60.7 Å². The SMILES string of the molecule is CCCCCCCCCCCCCCON(CC(CNC(=O)[C@H]1CCCN1)N(OCCCCCCCCCCCCCC)c1ccccc1)c1ccccc1. The maximum Gasteiger partial charge on any atom is 0.237 e. The standard InChI is InChI=1S/C48H82N4O3/c1-3-5-7-9-11-13-15-17-19-21-23-31-40-54-51(44-34-27-25-28-35-44)43-46(42-50-48(53)47-38-33-39-49-47)52(45-36-29-26-30-37-45)55-41-32-24-22-20-18-16-14-12-10-8-6-4-2/h25-30,34-37,46-47,49H,3-24,31-33,38-43H2,1-2H3,(H,50,53)/t46?,47-/m1/s1. The van der Waals surface area contributed by atoms with Gasteiger partial charge in [-0.1, -0.05) is 192 Å². The number of carbonyl (C=O) groups excluding carboxylic acids is 1. The van der Waals surface area contributed by atoms with Gasteiger partial charge in [0.2, 0.25) is 5.91 Å². The van der Waals surface area contributed by atoms with E-state index < -0.39 is 0 Å². The zero-order valence-electron chi connectivity index (χ0n) is 35.5. The summed E-state index contributed by atoms with van der Waals surface area (Å²) in [6.45, 7) is 7.79. The van der Waals surface area contributed by atoms with Crippen LogP contribution in [0.5, 0.6) is 0 Å². The molecule has 1 aliphatic heterocycles. The fourth-order valence-corrected chi connectivity index (χ4v) is 7.68. The van der Waals surface area contributed by atoms with Crippen LogP contribution in [-0.2, 0) is 14.5 Å². The summed E-state index contributed by atoms with van der Waals surface area (Å²) in [5.41, 5.74) is 2.01. The van der Waals surface area contributed by atoms with E-state index in [1.165, 1.54) is 141 Å². The van der Waals surface area contributed by atoms with Crippen LogP contribution in [0, 0.1) is 0 Å². The molecule has 2 aromatic carbocycles. The second-order valence-corrected chi connectivity index (χ2v) is 16.1. The molecule has 7 heteroatoms. The highest BCUT2D eigenvalue weighted by Gasteiger charge is 2.28. The zero-order valence-corrected chi connectivity index (χ0v) is 35.5. The molecule has 1 unspecified atom stereocenters. The quantitative estimate of drug-likeness (QED) is 0.0532. The van der Waals surface area contributed by atoms with E-state index in [0.717, 1.165) is 43.6 Å². The molecule has 1 saturated heterocycles. The van der Waals surface area contributed by atoms with Crippen LogP contribution in [0.1, 0.15) is 181 Å². The van der Waals surface area contributed by atoms with Gasteiger partial charge in [-0.05, 0) is 56.5 Å². The summed E-state index contributed by atoms with van der Waals surface area (Å²) < 4.78 is 0. The third-order valence-electron chi connectivity index (χ3n) is 11.1. The molecule has 2 aromatic rings. The maximum atomic E-state index is 13.3. The summed E-state index contributed by atoms with van der Waals surface area (Å²) in [6.07, 6.45) is 33.5. The lowest BCUT2D eigenvalue weighted by molar-refractivity contribution is -0.122. The first-order valence-electron chi connectivity index (χ1n) is 23.2. The van der Waals surface area contributed by atoms with Crippen molar-refractivity contribution in [3.63, 3.8) is 0 Å². The molecule has 3 rings (SSSR count). The number of nitrogens with zero attached hydrogens (tertiary/aromatic N) is 2. The lowest BCUT2D eigenvalue weighted by Gasteiger charge is -2.36. The molecular formula is C48H82N4O3. The number of anilines is 2. The molecule has 1 amide bonds. The van der Waals surface area contributed by atoms with Gasteiger partial charge in [-0.15, -0.1) is 0 Å². The van der Waals surface area contributed by atoms with E-state index in [4.69, 9.17) is 9.68 Å². The van der Waals surface area contributed by atoms with E-state index in [2.05, 4.69) is 73.0 Å². The first kappa shape index (κ1) is 46.8. The number of rotatable bonds is 36. The second kappa shape index (κ2) is 32.5. The number of hydrogen-bond acceptors (Lipinski definition) is 6. The number of amides is 1. The second-order valence-electron chi connectivity index (χ2n) is 16.1. The lowest BCUT2D eigenvalue weighted by Crippen LogP contribution is -2.52. The minimum Gasteiger partial charge on any atom is -0.353 e. The van der Waals surface area contributed by atoms with E-state index in [1.54, 1.807) is 0 Å². The van der Waals surface area contributed by atoms with Gasteiger partial charge < -0.3 is 10.6 Å². The van der Waals surface area contributed by atoms with Crippen molar-refractivity contribution in [2.24, 2.45) is 0 Å². The Morgan fingerprint density at radius 1 is 0.618 bits per heavy atom. The van der Waals surface area contributed by atoms with Crippen LogP contribution in [-0.4, -0.2) is 50.8 Å². The van der Waals surface area contributed by atoms with E-state index in [1.807, 2.05) is 22.3 Å². The number of hydrogen-bond donors (Lipinski definition) is 2. The first-order chi connectivity index (χ1) is 27.2. The highest BCUT2D eigenvalue weighted by Crippen LogP contribution is 2.23. The Kier molecular flexibility index (Phi) is 27.6. The molecule has 312 valence electrons. The van der Waals surface area contributed by atoms with Crippen LogP contribution < -0.4 is 20.8 Å². The molecule has 1 fully saturated rings. The predicted octanol–water partition coefficient (Wildman–Crippen LogP) is 12.5. The smallest absolute Gasteiger partial charge is 0.237 e. The van der Waals surface area contributed by atoms with Crippen LogP contribution in [0.25, 0.3) is 0 Å². The van der Waals surface area contributed by atoms with Gasteiger partial charge in [0.15, 0.2) is 0 Å². The van der Waals surface area contributed by atoms with Crippen molar-refractivity contribution in [3.8, 4) is 0 Å². The molecule has 0 bridgehead atoms. The number of carbonyl (C=O) groups is 1. The van der Waals surface area contributed by atoms with E-state index in [0.29, 0.717) is 26.3 Å². The molecule has 2 N–H and O–H groups in total. The summed E-state index contributed by atoms with van der Waals surface area (Å²) in [5.74, 6) is 0.0696. The van der Waals surface area contributed by atoms with Crippen molar-refractivity contribution >= 4 is 17.3 Å². The van der Waals surface area contributed by atoms with Gasteiger partial charge >= 0.3 is 0 Å². The average molecular weight is 763 g/mol. The molecule has 55 heavy (non-hydrogen) atoms. The lowest BCUT2D eigenvalue weighted by atomic mass is 10.1. The first-order valence-corrected chi connectivity index (χ1v) is 23.2. The van der Waals surface area contributed by atoms with Crippen molar-refractivity contribution in [1.82, 2.24) is 10.6 Å². The minimum absolute atomic E-state index is 0.0696. The molecule has 0 aromatic heterocycles. The number of para-hydroxylation sites is 2. The van der Waals surface area contributed by atoms with Gasteiger partial charge in [0, 0.05) is 6.54 Å².